The van der Waals surface area contributed by atoms with Gasteiger partial charge < -0.3 is 19.7 Å². The van der Waals surface area contributed by atoms with Gasteiger partial charge in [0.1, 0.15) is 18.5 Å². The van der Waals surface area contributed by atoms with Gasteiger partial charge in [-0.3, -0.25) is 5.32 Å². The molecule has 0 aliphatic carbocycles. The Balaban J connectivity index is 1.79. The number of carboxylic acid groups (broad SMARTS) is 1. The summed E-state index contributed by atoms with van der Waals surface area (Å²) in [7, 11) is 0. The predicted molar refractivity (Wildman–Crippen MR) is 131 cm³/mol. The van der Waals surface area contributed by atoms with Crippen LogP contribution in [0.15, 0.2) is 78.9 Å². The van der Waals surface area contributed by atoms with Gasteiger partial charge in [0.05, 0.1) is 12.3 Å². The standard InChI is InChI=1S/C27H29NO6/c1-19(8-2-5-15-25(30)31)26(21-11-6-12-22(18-21)33-17-16-29)34-27(32)28-24-14-7-10-20-9-3-4-13-23(20)24/h3-7,9-15,18-19,26,29H,2,8,16-17H2,1H3,(H,28,32)(H,30,31)/b15-5+/t19-,26+/m0/s1. The Bertz CT molecular complexity index is 1140. The lowest BCUT2D eigenvalue weighted by atomic mass is 9.93. The van der Waals surface area contributed by atoms with Gasteiger partial charge in [0.2, 0.25) is 0 Å². The Labute approximate surface area is 198 Å². The zero-order valence-corrected chi connectivity index (χ0v) is 19.0. The Morgan fingerprint density at radius 2 is 1.82 bits per heavy atom. The van der Waals surface area contributed by atoms with Crippen LogP contribution in [0.1, 0.15) is 31.4 Å². The average Bonchev–Trinajstić information content (AvgIpc) is 2.84. The first-order valence-corrected chi connectivity index (χ1v) is 11.2. The zero-order chi connectivity index (χ0) is 24.3. The largest absolute Gasteiger partial charge is 0.491 e. The Hall–Kier alpha value is -3.84. The maximum atomic E-state index is 12.9. The molecule has 0 saturated carbocycles. The lowest BCUT2D eigenvalue weighted by Gasteiger charge is -2.25. The van der Waals surface area contributed by atoms with Gasteiger partial charge in [-0.1, -0.05) is 61.5 Å². The minimum absolute atomic E-state index is 0.107. The van der Waals surface area contributed by atoms with Gasteiger partial charge >= 0.3 is 12.1 Å². The van der Waals surface area contributed by atoms with Crippen LogP contribution >= 0.6 is 0 Å². The fourth-order valence-corrected chi connectivity index (χ4v) is 3.74. The smallest absolute Gasteiger partial charge is 0.412 e. The van der Waals surface area contributed by atoms with E-state index in [1.54, 1.807) is 24.3 Å². The first-order valence-electron chi connectivity index (χ1n) is 11.2. The number of anilines is 1. The summed E-state index contributed by atoms with van der Waals surface area (Å²) in [5.41, 5.74) is 1.40. The van der Waals surface area contributed by atoms with Crippen molar-refractivity contribution in [1.29, 1.82) is 0 Å². The summed E-state index contributed by atoms with van der Waals surface area (Å²) < 4.78 is 11.4. The van der Waals surface area contributed by atoms with Crippen LogP contribution in [0.4, 0.5) is 10.5 Å². The second kappa shape index (κ2) is 12.4. The number of allylic oxidation sites excluding steroid dienone is 1. The molecule has 0 heterocycles. The summed E-state index contributed by atoms with van der Waals surface area (Å²) in [5.74, 6) is -0.541. The average molecular weight is 464 g/mol. The highest BCUT2D eigenvalue weighted by molar-refractivity contribution is 6.00. The predicted octanol–water partition coefficient (Wildman–Crippen LogP) is 5.56. The molecule has 0 aliphatic rings. The van der Waals surface area contributed by atoms with Crippen LogP contribution in [0, 0.1) is 5.92 Å². The Morgan fingerprint density at radius 1 is 1.06 bits per heavy atom. The van der Waals surface area contributed by atoms with Crippen molar-refractivity contribution < 1.29 is 29.3 Å². The fourth-order valence-electron chi connectivity index (χ4n) is 3.74. The molecule has 7 nitrogen and oxygen atoms in total. The van der Waals surface area contributed by atoms with Gasteiger partial charge in [0, 0.05) is 11.5 Å². The van der Waals surface area contributed by atoms with Crippen LogP contribution in [0.5, 0.6) is 5.75 Å². The molecular formula is C27H29NO6. The van der Waals surface area contributed by atoms with E-state index >= 15 is 0 Å². The third-order valence-corrected chi connectivity index (χ3v) is 5.37. The van der Waals surface area contributed by atoms with Crippen molar-refractivity contribution in [2.75, 3.05) is 18.5 Å². The Morgan fingerprint density at radius 3 is 2.62 bits per heavy atom. The number of nitrogens with one attached hydrogen (secondary N) is 1. The van der Waals surface area contributed by atoms with Crippen LogP contribution in [-0.2, 0) is 9.53 Å². The molecule has 1 amide bonds. The molecule has 0 radical (unpaired) electrons. The number of ether oxygens (including phenoxy) is 2. The maximum absolute atomic E-state index is 12.9. The summed E-state index contributed by atoms with van der Waals surface area (Å²) in [4.78, 5) is 23.7. The summed E-state index contributed by atoms with van der Waals surface area (Å²) in [6.07, 6.45) is 2.66. The van der Waals surface area contributed by atoms with E-state index in [1.807, 2.05) is 55.5 Å². The number of hydrogen-bond donors (Lipinski definition) is 3. The molecule has 0 bridgehead atoms. The molecule has 0 aliphatic heterocycles. The Kier molecular flexibility index (Phi) is 9.05. The normalized spacial score (nSPS) is 12.9. The van der Waals surface area contributed by atoms with E-state index in [4.69, 9.17) is 19.7 Å². The van der Waals surface area contributed by atoms with E-state index in [9.17, 15) is 9.59 Å². The third kappa shape index (κ3) is 7.08. The number of aliphatic hydroxyl groups excluding tert-OH is 1. The molecule has 0 saturated heterocycles. The van der Waals surface area contributed by atoms with Gasteiger partial charge in [-0.05, 0) is 47.9 Å². The number of aliphatic carboxylic acids is 1. The molecule has 2 atom stereocenters. The SMILES string of the molecule is C[C@@H](CC/C=C/C(=O)O)[C@@H](OC(=O)Nc1cccc2ccccc12)c1cccc(OCCO)c1. The van der Waals surface area contributed by atoms with Crippen molar-refractivity contribution >= 4 is 28.5 Å². The highest BCUT2D eigenvalue weighted by Gasteiger charge is 2.24. The van der Waals surface area contributed by atoms with Gasteiger partial charge in [-0.15, -0.1) is 0 Å². The second-order valence-corrected chi connectivity index (χ2v) is 7.92. The maximum Gasteiger partial charge on any atom is 0.412 e. The molecule has 3 aromatic rings. The monoisotopic (exact) mass is 463 g/mol. The number of carbonyl (C=O) groups excluding carboxylic acids is 1. The van der Waals surface area contributed by atoms with Crippen LogP contribution < -0.4 is 10.1 Å². The number of benzene rings is 3. The molecule has 3 rings (SSSR count). The van der Waals surface area contributed by atoms with Crippen molar-refractivity contribution in [2.24, 2.45) is 5.92 Å². The van der Waals surface area contributed by atoms with E-state index in [1.165, 1.54) is 0 Å². The van der Waals surface area contributed by atoms with Gasteiger partial charge in [0.15, 0.2) is 0 Å². The number of rotatable bonds is 11. The summed E-state index contributed by atoms with van der Waals surface area (Å²) >= 11 is 0. The van der Waals surface area contributed by atoms with Crippen molar-refractivity contribution in [3.05, 3.63) is 84.4 Å². The first-order chi connectivity index (χ1) is 16.5. The molecule has 3 aromatic carbocycles. The fraction of sp³-hybridized carbons (Fsp3) is 0.259. The zero-order valence-electron chi connectivity index (χ0n) is 19.0. The van der Waals surface area contributed by atoms with Crippen molar-refractivity contribution in [1.82, 2.24) is 0 Å². The van der Waals surface area contributed by atoms with Crippen LogP contribution in [-0.4, -0.2) is 35.5 Å². The van der Waals surface area contributed by atoms with Crippen LogP contribution in [0.3, 0.4) is 0 Å². The number of carboxylic acids is 1. The van der Waals surface area contributed by atoms with Crippen LogP contribution in [0.25, 0.3) is 10.8 Å². The van der Waals surface area contributed by atoms with Crippen molar-refractivity contribution in [3.8, 4) is 5.75 Å². The molecule has 0 unspecified atom stereocenters. The minimum atomic E-state index is -0.997. The van der Waals surface area contributed by atoms with Gasteiger partial charge in [-0.25, -0.2) is 9.59 Å². The summed E-state index contributed by atoms with van der Waals surface area (Å²) in [5, 5.41) is 22.6. The number of fused-ring (bicyclic) bond motifs is 1. The quantitative estimate of drug-likeness (QED) is 0.322. The number of hydrogen-bond acceptors (Lipinski definition) is 5. The van der Waals surface area contributed by atoms with E-state index in [0.29, 0.717) is 24.3 Å². The molecule has 0 aromatic heterocycles. The molecule has 0 spiro atoms. The number of carbonyl (C=O) groups is 2. The molecule has 0 fully saturated rings. The summed E-state index contributed by atoms with van der Waals surface area (Å²) in [6.45, 7) is 2.00. The third-order valence-electron chi connectivity index (χ3n) is 5.37. The molecular weight excluding hydrogens is 434 g/mol. The molecule has 3 N–H and O–H groups in total. The van der Waals surface area contributed by atoms with Crippen molar-refractivity contribution in [3.63, 3.8) is 0 Å². The van der Waals surface area contributed by atoms with E-state index in [2.05, 4.69) is 5.32 Å². The molecule has 178 valence electrons. The molecule has 34 heavy (non-hydrogen) atoms. The highest BCUT2D eigenvalue weighted by Crippen LogP contribution is 2.32. The molecule has 7 heteroatoms. The highest BCUT2D eigenvalue weighted by atomic mass is 16.6. The van der Waals surface area contributed by atoms with Gasteiger partial charge in [-0.2, -0.15) is 0 Å². The lowest BCUT2D eigenvalue weighted by molar-refractivity contribution is -0.131. The van der Waals surface area contributed by atoms with Gasteiger partial charge in [0.25, 0.3) is 0 Å². The second-order valence-electron chi connectivity index (χ2n) is 7.92. The lowest BCUT2D eigenvalue weighted by Crippen LogP contribution is -2.22. The first kappa shape index (κ1) is 24.8. The summed E-state index contributed by atoms with van der Waals surface area (Å²) in [6, 6.07) is 20.6. The van der Waals surface area contributed by atoms with Crippen LogP contribution in [0.2, 0.25) is 0 Å². The minimum Gasteiger partial charge on any atom is -0.491 e. The topological polar surface area (TPSA) is 105 Å². The number of amides is 1. The van der Waals surface area contributed by atoms with E-state index < -0.39 is 18.2 Å². The van der Waals surface area contributed by atoms with E-state index in [-0.39, 0.29) is 19.1 Å². The number of aliphatic hydroxyl groups is 1. The van der Waals surface area contributed by atoms with Crippen molar-refractivity contribution in [2.45, 2.75) is 25.9 Å². The van der Waals surface area contributed by atoms with E-state index in [0.717, 1.165) is 22.4 Å².